The molecular weight excluding hydrogens is 144 g/mol. The Balaban J connectivity index is 2.78. The first-order valence-corrected chi connectivity index (χ1v) is 4.19. The van der Waals surface area contributed by atoms with Crippen LogP contribution >= 0.6 is 11.3 Å². The largest absolute Gasteiger partial charge is 0.242 e. The Labute approximate surface area is 64.6 Å². The molecule has 0 radical (unpaired) electrons. The number of nitrogens with zero attached hydrogens (tertiary/aromatic N) is 1. The molecule has 2 nitrogen and oxygen atoms in total. The molecule has 1 heterocycles. The fraction of sp³-hybridized carbons (Fsp3) is 0.429. The fourth-order valence-electron chi connectivity index (χ4n) is 0.693. The molecule has 0 aliphatic carbocycles. The summed E-state index contributed by atoms with van der Waals surface area (Å²) >= 11 is 1.62. The van der Waals surface area contributed by atoms with Crippen LogP contribution in [0.3, 0.4) is 0 Å². The standard InChI is InChI=1S/C7H11N2S/c1-6(2)9(8)7-3-4-10-5-7/h3-6,8H,1-2H3/q+1. The summed E-state index contributed by atoms with van der Waals surface area (Å²) in [6.45, 7) is 4.01. The van der Waals surface area contributed by atoms with Crippen LogP contribution in [-0.4, -0.2) is 10.7 Å². The molecule has 54 valence electrons. The van der Waals surface area contributed by atoms with Crippen molar-refractivity contribution in [3.63, 3.8) is 0 Å². The van der Waals surface area contributed by atoms with Gasteiger partial charge in [-0.15, -0.1) is 11.3 Å². The van der Waals surface area contributed by atoms with Gasteiger partial charge < -0.3 is 0 Å². The van der Waals surface area contributed by atoms with Crippen LogP contribution in [-0.2, 0) is 0 Å². The van der Waals surface area contributed by atoms with Crippen LogP contribution in [0.5, 0.6) is 0 Å². The highest BCUT2D eigenvalue weighted by Crippen LogP contribution is 2.16. The van der Waals surface area contributed by atoms with E-state index >= 15 is 0 Å². The second kappa shape index (κ2) is 2.92. The molecule has 0 aromatic carbocycles. The van der Waals surface area contributed by atoms with Crippen molar-refractivity contribution in [2.24, 2.45) is 0 Å². The van der Waals surface area contributed by atoms with Crippen LogP contribution in [0.4, 0.5) is 5.69 Å². The van der Waals surface area contributed by atoms with Crippen molar-refractivity contribution >= 4 is 17.0 Å². The first-order chi connectivity index (χ1) is 4.72. The maximum atomic E-state index is 7.52. The molecule has 0 fully saturated rings. The van der Waals surface area contributed by atoms with Crippen LogP contribution in [0.2, 0.25) is 0 Å². The lowest BCUT2D eigenvalue weighted by molar-refractivity contribution is -0.566. The van der Waals surface area contributed by atoms with Crippen molar-refractivity contribution in [2.45, 2.75) is 19.9 Å². The number of hydrogen-bond donors (Lipinski definition) is 1. The molecule has 1 N–H and O–H groups in total. The summed E-state index contributed by atoms with van der Waals surface area (Å²) in [5, 5.41) is 3.96. The topological polar surface area (TPSA) is 26.9 Å². The van der Waals surface area contributed by atoms with Crippen LogP contribution in [0.1, 0.15) is 13.8 Å². The minimum Gasteiger partial charge on any atom is -0.145 e. The molecule has 0 aliphatic rings. The molecule has 3 heteroatoms. The van der Waals surface area contributed by atoms with Gasteiger partial charge in [-0.3, -0.25) is 0 Å². The molecule has 10 heavy (non-hydrogen) atoms. The lowest BCUT2D eigenvalue weighted by Crippen LogP contribution is -2.09. The van der Waals surface area contributed by atoms with E-state index in [-0.39, 0.29) is 6.04 Å². The highest BCUT2D eigenvalue weighted by molar-refractivity contribution is 7.08. The summed E-state index contributed by atoms with van der Waals surface area (Å²) in [4.78, 5) is 0. The van der Waals surface area contributed by atoms with Gasteiger partial charge in [-0.1, -0.05) is 10.2 Å². The average molecular weight is 155 g/mol. The molecule has 0 spiro atoms. The third-order valence-electron chi connectivity index (χ3n) is 1.30. The number of thiophene rings is 1. The Bertz CT molecular complexity index is 214. The summed E-state index contributed by atoms with van der Waals surface area (Å²) in [5.74, 6) is 0. The van der Waals surface area contributed by atoms with E-state index in [1.165, 1.54) is 4.70 Å². The Kier molecular flexibility index (Phi) is 2.17. The zero-order valence-electron chi connectivity index (χ0n) is 6.16. The van der Waals surface area contributed by atoms with E-state index in [9.17, 15) is 0 Å². The Hall–Kier alpha value is -0.700. The summed E-state index contributed by atoms with van der Waals surface area (Å²) in [6.07, 6.45) is 0. The maximum absolute atomic E-state index is 7.52. The van der Waals surface area contributed by atoms with Gasteiger partial charge in [0.05, 0.1) is 5.38 Å². The molecular formula is C7H11N2S+. The minimum atomic E-state index is 0.259. The molecule has 0 unspecified atom stereocenters. The van der Waals surface area contributed by atoms with Crippen molar-refractivity contribution < 1.29 is 4.70 Å². The molecule has 0 saturated carbocycles. The zero-order chi connectivity index (χ0) is 7.56. The maximum Gasteiger partial charge on any atom is 0.242 e. The quantitative estimate of drug-likeness (QED) is 0.502. The van der Waals surface area contributed by atoms with Crippen molar-refractivity contribution in [3.8, 4) is 0 Å². The van der Waals surface area contributed by atoms with Gasteiger partial charge in [-0.25, -0.2) is 0 Å². The summed E-state index contributed by atoms with van der Waals surface area (Å²) in [7, 11) is 0. The smallest absolute Gasteiger partial charge is 0.145 e. The molecule has 0 aliphatic heterocycles. The van der Waals surface area contributed by atoms with Crippen LogP contribution in [0, 0.1) is 5.53 Å². The summed E-state index contributed by atoms with van der Waals surface area (Å²) in [5.41, 5.74) is 8.51. The minimum absolute atomic E-state index is 0.259. The molecule has 0 atom stereocenters. The van der Waals surface area contributed by atoms with Crippen LogP contribution in [0.15, 0.2) is 16.8 Å². The first-order valence-electron chi connectivity index (χ1n) is 3.24. The second-order valence-electron chi connectivity index (χ2n) is 2.45. The van der Waals surface area contributed by atoms with E-state index in [1.807, 2.05) is 30.7 Å². The van der Waals surface area contributed by atoms with Crippen molar-refractivity contribution in [1.82, 2.24) is 0 Å². The number of rotatable bonds is 2. The van der Waals surface area contributed by atoms with Gasteiger partial charge >= 0.3 is 0 Å². The Morgan fingerprint density at radius 3 is 2.70 bits per heavy atom. The normalized spacial score (nSPS) is 10.3. The van der Waals surface area contributed by atoms with Gasteiger partial charge in [0.1, 0.15) is 0 Å². The van der Waals surface area contributed by atoms with Gasteiger partial charge in [0.2, 0.25) is 5.69 Å². The molecule has 0 saturated heterocycles. The van der Waals surface area contributed by atoms with Gasteiger partial charge in [0.15, 0.2) is 6.04 Å². The average Bonchev–Trinajstić information content (AvgIpc) is 2.36. The van der Waals surface area contributed by atoms with Crippen LogP contribution in [0.25, 0.3) is 0 Å². The lowest BCUT2D eigenvalue weighted by atomic mass is 10.3. The van der Waals surface area contributed by atoms with Crippen molar-refractivity contribution in [1.29, 1.82) is 5.53 Å². The molecule has 1 aromatic rings. The summed E-state index contributed by atoms with van der Waals surface area (Å²) < 4.78 is 1.51. The van der Waals surface area contributed by atoms with E-state index in [1.54, 1.807) is 11.3 Å². The Morgan fingerprint density at radius 2 is 2.30 bits per heavy atom. The highest BCUT2D eigenvalue weighted by Gasteiger charge is 2.12. The third kappa shape index (κ3) is 1.42. The van der Waals surface area contributed by atoms with E-state index in [0.717, 1.165) is 5.69 Å². The van der Waals surface area contributed by atoms with E-state index in [2.05, 4.69) is 0 Å². The van der Waals surface area contributed by atoms with Gasteiger partial charge in [-0.2, -0.15) is 0 Å². The Morgan fingerprint density at radius 1 is 1.60 bits per heavy atom. The van der Waals surface area contributed by atoms with E-state index in [4.69, 9.17) is 5.53 Å². The number of nitrogens with one attached hydrogen (secondary N) is 1. The summed E-state index contributed by atoms with van der Waals surface area (Å²) in [6, 6.07) is 2.21. The van der Waals surface area contributed by atoms with Crippen molar-refractivity contribution in [2.75, 3.05) is 0 Å². The van der Waals surface area contributed by atoms with Gasteiger partial charge in [-0.05, 0) is 19.2 Å². The van der Waals surface area contributed by atoms with E-state index in [0.29, 0.717) is 0 Å². The molecule has 0 bridgehead atoms. The monoisotopic (exact) mass is 155 g/mol. The zero-order valence-corrected chi connectivity index (χ0v) is 6.98. The SMILES string of the molecule is CC(C)[N+](=N)c1ccsc1. The van der Waals surface area contributed by atoms with Crippen molar-refractivity contribution in [3.05, 3.63) is 16.8 Å². The predicted octanol–water partition coefficient (Wildman–Crippen LogP) is 2.83. The highest BCUT2D eigenvalue weighted by atomic mass is 32.1. The lowest BCUT2D eigenvalue weighted by Gasteiger charge is -1.95. The third-order valence-corrected chi connectivity index (χ3v) is 1.97. The van der Waals surface area contributed by atoms with E-state index < -0.39 is 0 Å². The predicted molar refractivity (Wildman–Crippen MR) is 42.1 cm³/mol. The molecule has 0 amide bonds. The molecule has 1 aromatic heterocycles. The first kappa shape index (κ1) is 7.41. The molecule has 1 rings (SSSR count). The van der Waals surface area contributed by atoms with Crippen LogP contribution < -0.4 is 0 Å². The second-order valence-corrected chi connectivity index (χ2v) is 3.23. The van der Waals surface area contributed by atoms with Gasteiger partial charge in [0.25, 0.3) is 0 Å². The fourth-order valence-corrected chi connectivity index (χ4v) is 1.32. The number of hydrogen-bond acceptors (Lipinski definition) is 2. The van der Waals surface area contributed by atoms with Gasteiger partial charge in [0, 0.05) is 6.07 Å².